The van der Waals surface area contributed by atoms with E-state index < -0.39 is 0 Å². The summed E-state index contributed by atoms with van der Waals surface area (Å²) in [5, 5.41) is 0. The van der Waals surface area contributed by atoms with Crippen LogP contribution in [0.3, 0.4) is 0 Å². The normalized spacial score (nSPS) is 10.4. The van der Waals surface area contributed by atoms with E-state index in [1.165, 1.54) is 5.56 Å². The zero-order valence-corrected chi connectivity index (χ0v) is 11.4. The lowest BCUT2D eigenvalue weighted by atomic mass is 10.1. The largest absolute Gasteiger partial charge is 0.314 e. The van der Waals surface area contributed by atoms with Crippen molar-refractivity contribution in [1.82, 2.24) is 9.97 Å². The lowest BCUT2D eigenvalue weighted by Crippen LogP contribution is -2.14. The van der Waals surface area contributed by atoms with E-state index >= 15 is 0 Å². The van der Waals surface area contributed by atoms with Crippen molar-refractivity contribution < 1.29 is 0 Å². The number of nitrogens with zero attached hydrogens (tertiary/aromatic N) is 3. The van der Waals surface area contributed by atoms with Gasteiger partial charge in [-0.25, -0.2) is 9.97 Å². The fourth-order valence-corrected chi connectivity index (χ4v) is 1.93. The van der Waals surface area contributed by atoms with Crippen molar-refractivity contribution >= 4 is 11.6 Å². The topological polar surface area (TPSA) is 29.0 Å². The van der Waals surface area contributed by atoms with Crippen LogP contribution in [0.4, 0.5) is 11.6 Å². The fourth-order valence-electron chi connectivity index (χ4n) is 1.93. The third-order valence-electron chi connectivity index (χ3n) is 3.00. The molecule has 0 atom stereocenters. The summed E-state index contributed by atoms with van der Waals surface area (Å²) in [5.74, 6) is 0.747. The van der Waals surface area contributed by atoms with Gasteiger partial charge in [-0.3, -0.25) is 0 Å². The summed E-state index contributed by atoms with van der Waals surface area (Å²) in [4.78, 5) is 10.9. The van der Waals surface area contributed by atoms with Crippen LogP contribution in [-0.2, 0) is 6.42 Å². The van der Waals surface area contributed by atoms with Crippen LogP contribution in [0, 0.1) is 13.8 Å². The summed E-state index contributed by atoms with van der Waals surface area (Å²) in [5.41, 5.74) is 4.44. The van der Waals surface area contributed by atoms with E-state index in [9.17, 15) is 0 Å². The molecule has 0 N–H and O–H groups in total. The van der Waals surface area contributed by atoms with Gasteiger partial charge in [-0.15, -0.1) is 0 Å². The molecule has 0 aliphatic rings. The summed E-state index contributed by atoms with van der Waals surface area (Å²) < 4.78 is 0. The van der Waals surface area contributed by atoms with Crippen molar-refractivity contribution in [1.29, 1.82) is 0 Å². The highest BCUT2D eigenvalue weighted by Crippen LogP contribution is 2.21. The third-order valence-corrected chi connectivity index (χ3v) is 3.00. The van der Waals surface area contributed by atoms with E-state index in [0.29, 0.717) is 0 Å². The van der Waals surface area contributed by atoms with Crippen molar-refractivity contribution in [2.24, 2.45) is 0 Å². The molecule has 2 aromatic rings. The van der Waals surface area contributed by atoms with Crippen LogP contribution in [0.2, 0.25) is 0 Å². The number of aromatic nitrogens is 2. The minimum absolute atomic E-state index is 0.747. The summed E-state index contributed by atoms with van der Waals surface area (Å²) in [6.07, 6.45) is 1.06. The molecule has 0 unspecified atom stereocenters. The minimum atomic E-state index is 0.747. The summed E-state index contributed by atoms with van der Waals surface area (Å²) in [6, 6.07) is 10.5. The minimum Gasteiger partial charge on any atom is -0.314 e. The van der Waals surface area contributed by atoms with Gasteiger partial charge in [-0.1, -0.05) is 19.1 Å². The van der Waals surface area contributed by atoms with Gasteiger partial charge in [-0.2, -0.15) is 0 Å². The average molecular weight is 241 g/mol. The van der Waals surface area contributed by atoms with Crippen LogP contribution in [-0.4, -0.2) is 17.0 Å². The highest BCUT2D eigenvalue weighted by Gasteiger charge is 2.07. The van der Waals surface area contributed by atoms with Crippen LogP contribution >= 0.6 is 0 Å². The molecule has 1 aromatic carbocycles. The zero-order valence-electron chi connectivity index (χ0n) is 11.4. The predicted molar refractivity (Wildman–Crippen MR) is 75.4 cm³/mol. The smallest absolute Gasteiger partial charge is 0.230 e. The van der Waals surface area contributed by atoms with Gasteiger partial charge in [0.25, 0.3) is 0 Å². The molecule has 1 aromatic heterocycles. The summed E-state index contributed by atoms with van der Waals surface area (Å²) >= 11 is 0. The Bertz CT molecular complexity index is 512. The van der Waals surface area contributed by atoms with Crippen LogP contribution in [0.15, 0.2) is 30.3 Å². The van der Waals surface area contributed by atoms with E-state index in [0.717, 1.165) is 29.4 Å². The Hall–Kier alpha value is -1.90. The lowest BCUT2D eigenvalue weighted by molar-refractivity contribution is 0.985. The van der Waals surface area contributed by atoms with Crippen molar-refractivity contribution in [2.45, 2.75) is 27.2 Å². The van der Waals surface area contributed by atoms with E-state index in [2.05, 4.69) is 41.2 Å². The predicted octanol–water partition coefficient (Wildman–Crippen LogP) is 3.42. The average Bonchev–Trinajstić information content (AvgIpc) is 2.37. The Morgan fingerprint density at radius 2 is 1.56 bits per heavy atom. The molecule has 1 heterocycles. The molecule has 3 nitrogen and oxygen atoms in total. The van der Waals surface area contributed by atoms with Crippen LogP contribution in [0.5, 0.6) is 0 Å². The first-order valence-electron chi connectivity index (χ1n) is 6.25. The van der Waals surface area contributed by atoms with E-state index in [4.69, 9.17) is 0 Å². The second kappa shape index (κ2) is 5.17. The molecule has 0 saturated carbocycles. The molecule has 3 heteroatoms. The number of hydrogen-bond donors (Lipinski definition) is 0. The Kier molecular flexibility index (Phi) is 3.60. The van der Waals surface area contributed by atoms with Crippen LogP contribution in [0.1, 0.15) is 23.9 Å². The van der Waals surface area contributed by atoms with Crippen LogP contribution in [0.25, 0.3) is 0 Å². The molecule has 0 aliphatic carbocycles. The Morgan fingerprint density at radius 1 is 1.00 bits per heavy atom. The summed E-state index contributed by atoms with van der Waals surface area (Å²) in [7, 11) is 2.00. The first kappa shape index (κ1) is 12.6. The first-order valence-corrected chi connectivity index (χ1v) is 6.25. The van der Waals surface area contributed by atoms with Gasteiger partial charge < -0.3 is 4.90 Å². The first-order chi connectivity index (χ1) is 8.60. The van der Waals surface area contributed by atoms with E-state index in [1.807, 2.05) is 31.9 Å². The number of benzene rings is 1. The van der Waals surface area contributed by atoms with Gasteiger partial charge in [-0.05, 0) is 44.0 Å². The number of anilines is 2. The maximum atomic E-state index is 4.47. The molecule has 0 bridgehead atoms. The molecular weight excluding hydrogens is 222 g/mol. The third kappa shape index (κ3) is 2.67. The van der Waals surface area contributed by atoms with Crippen molar-refractivity contribution in [3.05, 3.63) is 47.3 Å². The highest BCUT2D eigenvalue weighted by atomic mass is 15.2. The second-order valence-corrected chi connectivity index (χ2v) is 4.53. The van der Waals surface area contributed by atoms with Gasteiger partial charge >= 0.3 is 0 Å². The van der Waals surface area contributed by atoms with Gasteiger partial charge in [0, 0.05) is 24.1 Å². The molecule has 0 aliphatic heterocycles. The molecule has 0 radical (unpaired) electrons. The molecule has 0 amide bonds. The SMILES string of the molecule is CCc1ccc(N(C)c2nc(C)cc(C)n2)cc1. The highest BCUT2D eigenvalue weighted by molar-refractivity contribution is 5.56. The maximum Gasteiger partial charge on any atom is 0.230 e. The van der Waals surface area contributed by atoms with Crippen LogP contribution < -0.4 is 4.90 Å². The monoisotopic (exact) mass is 241 g/mol. The number of hydrogen-bond acceptors (Lipinski definition) is 3. The van der Waals surface area contributed by atoms with Crippen molar-refractivity contribution in [3.8, 4) is 0 Å². The number of rotatable bonds is 3. The molecule has 94 valence electrons. The van der Waals surface area contributed by atoms with E-state index in [1.54, 1.807) is 0 Å². The zero-order chi connectivity index (χ0) is 13.1. The molecule has 2 rings (SSSR count). The molecular formula is C15H19N3. The molecule has 0 spiro atoms. The standard InChI is InChI=1S/C15H19N3/c1-5-13-6-8-14(9-7-13)18(4)15-16-11(2)10-12(3)17-15/h6-10H,5H2,1-4H3. The van der Waals surface area contributed by atoms with E-state index in [-0.39, 0.29) is 0 Å². The Labute approximate surface area is 109 Å². The molecule has 0 saturated heterocycles. The van der Waals surface area contributed by atoms with Crippen molar-refractivity contribution in [3.63, 3.8) is 0 Å². The van der Waals surface area contributed by atoms with Gasteiger partial charge in [0.1, 0.15) is 0 Å². The molecule has 18 heavy (non-hydrogen) atoms. The Morgan fingerprint density at radius 3 is 2.06 bits per heavy atom. The van der Waals surface area contributed by atoms with Crippen molar-refractivity contribution in [2.75, 3.05) is 11.9 Å². The number of aryl methyl sites for hydroxylation is 3. The molecule has 0 fully saturated rings. The lowest BCUT2D eigenvalue weighted by Gasteiger charge is -2.18. The van der Waals surface area contributed by atoms with Gasteiger partial charge in [0.15, 0.2) is 0 Å². The fraction of sp³-hybridized carbons (Fsp3) is 0.333. The summed E-state index contributed by atoms with van der Waals surface area (Å²) in [6.45, 7) is 6.14. The quantitative estimate of drug-likeness (QED) is 0.824. The maximum absolute atomic E-state index is 4.47. The Balaban J connectivity index is 2.31. The van der Waals surface area contributed by atoms with Gasteiger partial charge in [0.2, 0.25) is 5.95 Å². The van der Waals surface area contributed by atoms with Gasteiger partial charge in [0.05, 0.1) is 0 Å². The second-order valence-electron chi connectivity index (χ2n) is 4.53.